The summed E-state index contributed by atoms with van der Waals surface area (Å²) in [4.78, 5) is 61.0. The average molecular weight is 969 g/mol. The molecule has 0 radical (unpaired) electrons. The number of β-amino-alcohol motifs (C(OH)–C–C–N with tert-alkyl or cyclic N) is 1. The summed E-state index contributed by atoms with van der Waals surface area (Å²) in [5.41, 5.74) is 5.11. The van der Waals surface area contributed by atoms with E-state index in [2.05, 4.69) is 60.0 Å². The van der Waals surface area contributed by atoms with Crippen molar-refractivity contribution in [3.8, 4) is 22.3 Å². The summed E-state index contributed by atoms with van der Waals surface area (Å²) in [7, 11) is 0. The van der Waals surface area contributed by atoms with E-state index in [1.165, 1.54) is 4.90 Å². The third-order valence-corrected chi connectivity index (χ3v) is 14.5. The number of hydrogen-bond donors (Lipinski definition) is 5. The number of aryl methyl sites for hydroxylation is 1. The maximum Gasteiger partial charge on any atom is 0.251 e. The topological polar surface area (TPSA) is 195 Å². The molecular weight excluding hydrogens is 902 g/mol. The molecule has 364 valence electrons. The van der Waals surface area contributed by atoms with Crippen LogP contribution in [0.5, 0.6) is 5.75 Å². The number of aliphatic hydroxyl groups excluding tert-OH is 1. The second kappa shape index (κ2) is 21.8. The Morgan fingerprint density at radius 1 is 0.985 bits per heavy atom. The molecule has 0 spiro atoms. The molecule has 6 rings (SSSR count). The molecule has 16 heteroatoms. The molecule has 3 aromatic carbocycles. The van der Waals surface area contributed by atoms with Gasteiger partial charge in [0.05, 0.1) is 38.8 Å². The SMILES string of the molecule is Cc1ncsc1-c1ccc([C@H](C)NC(=O)[C@H]2C[C@@H](O)CN2C(=O)[C@@H](NC(=O)COCCCCCNc2ccc(C(=O)N[C@H]3C(C)(C)[C@H](Oc4ccc(C#N)c(Cl)c4)C3(C)C)cc2)C(C)(C)C)cc1. The fraction of sp³-hybridized carbons (Fsp3) is 0.500. The highest BCUT2D eigenvalue weighted by atomic mass is 35.5. The number of carbonyl (C=O) groups is 4. The van der Waals surface area contributed by atoms with Crippen molar-refractivity contribution in [2.45, 2.75) is 124 Å². The zero-order valence-electron chi connectivity index (χ0n) is 40.6. The lowest BCUT2D eigenvalue weighted by Crippen LogP contribution is -2.74. The van der Waals surface area contributed by atoms with Gasteiger partial charge in [-0.1, -0.05) is 84.3 Å². The van der Waals surface area contributed by atoms with Gasteiger partial charge in [-0.3, -0.25) is 19.2 Å². The molecule has 4 aromatic rings. The van der Waals surface area contributed by atoms with Gasteiger partial charge >= 0.3 is 0 Å². The molecule has 0 bridgehead atoms. The molecule has 0 unspecified atom stereocenters. The molecule has 5 N–H and O–H groups in total. The second-order valence-electron chi connectivity index (χ2n) is 20.3. The number of anilines is 1. The number of amides is 4. The van der Waals surface area contributed by atoms with Gasteiger partial charge in [0.15, 0.2) is 0 Å². The van der Waals surface area contributed by atoms with Crippen molar-refractivity contribution in [2.75, 3.05) is 31.6 Å². The van der Waals surface area contributed by atoms with Crippen LogP contribution in [0.1, 0.15) is 114 Å². The summed E-state index contributed by atoms with van der Waals surface area (Å²) in [5.74, 6) is -0.820. The molecule has 1 aliphatic heterocycles. The van der Waals surface area contributed by atoms with Crippen LogP contribution in [0.15, 0.2) is 72.2 Å². The lowest BCUT2D eigenvalue weighted by molar-refractivity contribution is -0.164. The lowest BCUT2D eigenvalue weighted by Gasteiger charge is -2.63. The van der Waals surface area contributed by atoms with Crippen LogP contribution in [0.4, 0.5) is 5.69 Å². The van der Waals surface area contributed by atoms with Crippen LogP contribution in [0.25, 0.3) is 10.4 Å². The van der Waals surface area contributed by atoms with Crippen LogP contribution in [0, 0.1) is 34.5 Å². The summed E-state index contributed by atoms with van der Waals surface area (Å²) >= 11 is 7.81. The predicted octanol–water partition coefficient (Wildman–Crippen LogP) is 8.22. The van der Waals surface area contributed by atoms with Crippen LogP contribution < -0.4 is 26.0 Å². The van der Waals surface area contributed by atoms with E-state index in [4.69, 9.17) is 21.1 Å². The number of nitrogens with one attached hydrogen (secondary N) is 4. The van der Waals surface area contributed by atoms with Gasteiger partial charge in [-0.25, -0.2) is 4.98 Å². The summed E-state index contributed by atoms with van der Waals surface area (Å²) in [5, 5.41) is 32.7. The molecule has 2 fully saturated rings. The van der Waals surface area contributed by atoms with E-state index in [1.807, 2.05) is 76.5 Å². The minimum Gasteiger partial charge on any atom is -0.489 e. The van der Waals surface area contributed by atoms with Crippen LogP contribution >= 0.6 is 22.9 Å². The maximum absolute atomic E-state index is 14.1. The van der Waals surface area contributed by atoms with Crippen LogP contribution in [0.3, 0.4) is 0 Å². The first-order chi connectivity index (χ1) is 32.1. The molecular formula is C52H66ClN7O7S. The fourth-order valence-electron chi connectivity index (χ4n) is 9.67. The summed E-state index contributed by atoms with van der Waals surface area (Å²) in [6.07, 6.45) is 1.46. The number of aliphatic hydroxyl groups is 1. The second-order valence-corrected chi connectivity index (χ2v) is 21.6. The Kier molecular flexibility index (Phi) is 16.6. The van der Waals surface area contributed by atoms with Crippen LogP contribution in [-0.2, 0) is 19.1 Å². The van der Waals surface area contributed by atoms with Crippen molar-refractivity contribution in [3.05, 3.63) is 99.6 Å². The molecule has 1 aromatic heterocycles. The van der Waals surface area contributed by atoms with Crippen molar-refractivity contribution in [1.29, 1.82) is 5.26 Å². The Morgan fingerprint density at radius 2 is 1.68 bits per heavy atom. The average Bonchev–Trinajstić information content (AvgIpc) is 3.91. The van der Waals surface area contributed by atoms with Crippen molar-refractivity contribution >= 4 is 52.3 Å². The number of thiazole rings is 1. The van der Waals surface area contributed by atoms with E-state index < -0.39 is 35.4 Å². The van der Waals surface area contributed by atoms with Gasteiger partial charge in [-0.05, 0) is 86.1 Å². The van der Waals surface area contributed by atoms with Gasteiger partial charge < -0.3 is 40.7 Å². The highest BCUT2D eigenvalue weighted by Crippen LogP contribution is 2.55. The third-order valence-electron chi connectivity index (χ3n) is 13.2. The number of halogens is 1. The number of nitrogens with zero attached hydrogens (tertiary/aromatic N) is 3. The fourth-order valence-corrected chi connectivity index (χ4v) is 10.7. The van der Waals surface area contributed by atoms with Crippen LogP contribution in [-0.4, -0.2) is 95.3 Å². The first-order valence-corrected chi connectivity index (χ1v) is 24.5. The standard InChI is InChI=1S/C52H66ClN7O7S/c1-31(33-13-15-34(16-14-33)43-32(2)56-30-68-43)57-46(64)41-25-38(61)28-60(41)47(65)44(50(3,4)5)58-42(62)29-66-24-12-10-11-23-55-37-20-17-35(18-21-37)45(63)59-48-51(6,7)49(52(48,8)9)67-39-22-19-36(27-54)40(53)26-39/h13-22,26,30-31,38,41,44,48-49,55,61H,10-12,23-25,28-29H2,1-9H3,(H,57,64)(H,58,62)(H,59,63)/t31-,38+,41+,44+,48-,49-/m0/s1. The van der Waals surface area contributed by atoms with Crippen molar-refractivity contribution in [3.63, 3.8) is 0 Å². The van der Waals surface area contributed by atoms with Gasteiger partial charge in [0, 0.05) is 60.3 Å². The molecule has 1 aliphatic carbocycles. The Labute approximate surface area is 409 Å². The number of unbranched alkanes of at least 4 members (excludes halogenated alkanes) is 2. The highest BCUT2D eigenvalue weighted by Gasteiger charge is 2.64. The van der Waals surface area contributed by atoms with Gasteiger partial charge in [0.2, 0.25) is 17.7 Å². The predicted molar refractivity (Wildman–Crippen MR) is 265 cm³/mol. The van der Waals surface area contributed by atoms with Gasteiger partial charge in [0.1, 0.15) is 36.6 Å². The van der Waals surface area contributed by atoms with Crippen molar-refractivity contribution in [2.24, 2.45) is 16.2 Å². The molecule has 2 aliphatic rings. The van der Waals surface area contributed by atoms with E-state index in [-0.39, 0.29) is 60.4 Å². The zero-order valence-corrected chi connectivity index (χ0v) is 42.1. The number of carbonyl (C=O) groups excluding carboxylic acids is 4. The number of aromatic nitrogens is 1. The largest absolute Gasteiger partial charge is 0.489 e. The first kappa shape index (κ1) is 51.9. The molecule has 4 amide bonds. The Morgan fingerprint density at radius 3 is 2.29 bits per heavy atom. The van der Waals surface area contributed by atoms with Crippen molar-refractivity contribution in [1.82, 2.24) is 25.8 Å². The number of hydrogen-bond acceptors (Lipinski definition) is 11. The zero-order chi connectivity index (χ0) is 49.6. The van der Waals surface area contributed by atoms with E-state index in [0.717, 1.165) is 46.6 Å². The monoisotopic (exact) mass is 967 g/mol. The number of likely N-dealkylation sites (tertiary alicyclic amines) is 1. The van der Waals surface area contributed by atoms with Gasteiger partial charge in [-0.2, -0.15) is 5.26 Å². The Hall–Kier alpha value is -5.53. The van der Waals surface area contributed by atoms with E-state index >= 15 is 0 Å². The highest BCUT2D eigenvalue weighted by molar-refractivity contribution is 7.13. The Bertz CT molecular complexity index is 2450. The molecule has 4 atom stereocenters. The molecule has 1 saturated carbocycles. The smallest absolute Gasteiger partial charge is 0.251 e. The number of ether oxygens (including phenoxy) is 2. The molecule has 2 heterocycles. The Balaban J connectivity index is 0.887. The number of rotatable bonds is 19. The molecule has 14 nitrogen and oxygen atoms in total. The van der Waals surface area contributed by atoms with E-state index in [1.54, 1.807) is 41.7 Å². The molecule has 68 heavy (non-hydrogen) atoms. The maximum atomic E-state index is 14.1. The lowest BCUT2D eigenvalue weighted by atomic mass is 9.49. The summed E-state index contributed by atoms with van der Waals surface area (Å²) in [6.45, 7) is 18.5. The summed E-state index contributed by atoms with van der Waals surface area (Å²) in [6, 6.07) is 20.1. The van der Waals surface area contributed by atoms with Crippen LogP contribution in [0.2, 0.25) is 5.02 Å². The summed E-state index contributed by atoms with van der Waals surface area (Å²) < 4.78 is 12.1. The quantitative estimate of drug-likeness (QED) is 0.0572. The molecule has 1 saturated heterocycles. The van der Waals surface area contributed by atoms with Gasteiger partial charge in [0.25, 0.3) is 5.91 Å². The van der Waals surface area contributed by atoms with Gasteiger partial charge in [-0.15, -0.1) is 11.3 Å². The van der Waals surface area contributed by atoms with Crippen molar-refractivity contribution < 1.29 is 33.8 Å². The first-order valence-electron chi connectivity index (χ1n) is 23.3. The minimum atomic E-state index is -0.952. The minimum absolute atomic E-state index is 0.0135. The third kappa shape index (κ3) is 12.2. The normalized spacial score (nSPS) is 20.3. The number of benzene rings is 3. The van der Waals surface area contributed by atoms with E-state index in [0.29, 0.717) is 35.1 Å². The van der Waals surface area contributed by atoms with E-state index in [9.17, 15) is 29.5 Å². The number of nitriles is 1.